The molecule has 2 aromatic rings. The van der Waals surface area contributed by atoms with Gasteiger partial charge >= 0.3 is 0 Å². The van der Waals surface area contributed by atoms with Gasteiger partial charge in [0.1, 0.15) is 10.7 Å². The summed E-state index contributed by atoms with van der Waals surface area (Å²) in [5, 5.41) is 2.79. The van der Waals surface area contributed by atoms with Crippen molar-refractivity contribution < 1.29 is 14.4 Å². The maximum absolute atomic E-state index is 13.0. The molecule has 2 aliphatic heterocycles. The molecule has 1 fully saturated rings. The Labute approximate surface area is 192 Å². The van der Waals surface area contributed by atoms with Crippen molar-refractivity contribution in [2.24, 2.45) is 5.92 Å². The standard InChI is InChI=1S/C25H26ClN3O3/c1-3-17-7-9-20(10-8-17)29-24(31)21(26)22(25(29)32)27-19-6-4-5-18(15-19)23(30)28-13-11-16(2)12-14-28/h4-10,15-16,27H,3,11-14H2,1-2H3. The lowest BCUT2D eigenvalue weighted by Gasteiger charge is -2.30. The fraction of sp³-hybridized carbons (Fsp3) is 0.320. The second kappa shape index (κ2) is 9.17. The second-order valence-corrected chi connectivity index (χ2v) is 8.71. The number of carbonyl (C=O) groups excluding carboxylic acids is 3. The van der Waals surface area contributed by atoms with E-state index in [0.29, 0.717) is 22.9 Å². The number of benzene rings is 2. The van der Waals surface area contributed by atoms with Crippen LogP contribution in [0.1, 0.15) is 42.6 Å². The Morgan fingerprint density at radius 3 is 2.41 bits per heavy atom. The minimum atomic E-state index is -0.571. The molecule has 2 heterocycles. The van der Waals surface area contributed by atoms with Crippen molar-refractivity contribution in [3.63, 3.8) is 0 Å². The maximum atomic E-state index is 13.0. The lowest BCUT2D eigenvalue weighted by atomic mass is 9.98. The van der Waals surface area contributed by atoms with Crippen molar-refractivity contribution in [3.05, 3.63) is 70.4 Å². The monoisotopic (exact) mass is 451 g/mol. The molecule has 166 valence electrons. The number of hydrogen-bond donors (Lipinski definition) is 1. The average Bonchev–Trinajstić information content (AvgIpc) is 3.02. The molecule has 0 aromatic heterocycles. The lowest BCUT2D eigenvalue weighted by Crippen LogP contribution is -2.37. The molecule has 2 aromatic carbocycles. The van der Waals surface area contributed by atoms with E-state index in [4.69, 9.17) is 11.6 Å². The van der Waals surface area contributed by atoms with Gasteiger partial charge in [-0.25, -0.2) is 4.90 Å². The van der Waals surface area contributed by atoms with Gasteiger partial charge in [-0.1, -0.05) is 43.6 Å². The smallest absolute Gasteiger partial charge is 0.283 e. The van der Waals surface area contributed by atoms with Crippen molar-refractivity contribution in [1.82, 2.24) is 4.90 Å². The first kappa shape index (κ1) is 22.1. The topological polar surface area (TPSA) is 69.7 Å². The summed E-state index contributed by atoms with van der Waals surface area (Å²) >= 11 is 6.24. The fourth-order valence-electron chi connectivity index (χ4n) is 4.00. The van der Waals surface area contributed by atoms with E-state index < -0.39 is 11.8 Å². The predicted octanol–water partition coefficient (Wildman–Crippen LogP) is 4.56. The van der Waals surface area contributed by atoms with Gasteiger partial charge < -0.3 is 10.2 Å². The van der Waals surface area contributed by atoms with E-state index in [2.05, 4.69) is 12.2 Å². The van der Waals surface area contributed by atoms with Crippen LogP contribution in [0.2, 0.25) is 0 Å². The SMILES string of the molecule is CCc1ccc(N2C(=O)C(Cl)=C(Nc3cccc(C(=O)N4CCC(C)CC4)c3)C2=O)cc1. The van der Waals surface area contributed by atoms with Crippen LogP contribution in [0.4, 0.5) is 11.4 Å². The van der Waals surface area contributed by atoms with Crippen LogP contribution in [0.3, 0.4) is 0 Å². The number of imide groups is 1. The summed E-state index contributed by atoms with van der Waals surface area (Å²) in [4.78, 5) is 41.5. The van der Waals surface area contributed by atoms with E-state index in [-0.39, 0.29) is 16.6 Å². The van der Waals surface area contributed by atoms with Crippen LogP contribution in [-0.2, 0) is 16.0 Å². The summed E-state index contributed by atoms with van der Waals surface area (Å²) in [5.74, 6) is -0.496. The normalized spacial score (nSPS) is 17.3. The Hall–Kier alpha value is -3.12. The molecule has 6 nitrogen and oxygen atoms in total. The van der Waals surface area contributed by atoms with Crippen LogP contribution in [0.5, 0.6) is 0 Å². The van der Waals surface area contributed by atoms with E-state index >= 15 is 0 Å². The Balaban J connectivity index is 1.52. The van der Waals surface area contributed by atoms with Crippen molar-refractivity contribution in [3.8, 4) is 0 Å². The summed E-state index contributed by atoms with van der Waals surface area (Å²) in [6.07, 6.45) is 2.86. The third kappa shape index (κ3) is 4.28. The number of amides is 3. The molecule has 0 bridgehead atoms. The number of carbonyl (C=O) groups is 3. The zero-order chi connectivity index (χ0) is 22.8. The number of aryl methyl sites for hydroxylation is 1. The molecule has 1 N–H and O–H groups in total. The van der Waals surface area contributed by atoms with Crippen LogP contribution in [0, 0.1) is 5.92 Å². The first-order valence-electron chi connectivity index (χ1n) is 10.9. The van der Waals surface area contributed by atoms with Gasteiger partial charge in [-0.2, -0.15) is 0 Å². The number of halogens is 1. The number of piperidine rings is 1. The van der Waals surface area contributed by atoms with Gasteiger partial charge in [-0.05, 0) is 61.1 Å². The summed E-state index contributed by atoms with van der Waals surface area (Å²) in [6.45, 7) is 5.72. The number of nitrogens with one attached hydrogen (secondary N) is 1. The molecule has 0 saturated carbocycles. The van der Waals surface area contributed by atoms with Crippen LogP contribution in [-0.4, -0.2) is 35.7 Å². The van der Waals surface area contributed by atoms with Gasteiger partial charge in [0.05, 0.1) is 5.69 Å². The molecular formula is C25H26ClN3O3. The highest BCUT2D eigenvalue weighted by Gasteiger charge is 2.39. The van der Waals surface area contributed by atoms with E-state index in [9.17, 15) is 14.4 Å². The zero-order valence-electron chi connectivity index (χ0n) is 18.2. The van der Waals surface area contributed by atoms with Crippen molar-refractivity contribution in [2.75, 3.05) is 23.3 Å². The molecule has 4 rings (SSSR count). The van der Waals surface area contributed by atoms with Crippen molar-refractivity contribution in [2.45, 2.75) is 33.1 Å². The third-order valence-electron chi connectivity index (χ3n) is 6.08. The number of anilines is 2. The Morgan fingerprint density at radius 1 is 1.06 bits per heavy atom. The minimum absolute atomic E-state index is 0.00707. The maximum Gasteiger partial charge on any atom is 0.283 e. The highest BCUT2D eigenvalue weighted by molar-refractivity contribution is 6.53. The van der Waals surface area contributed by atoms with Crippen LogP contribution < -0.4 is 10.2 Å². The summed E-state index contributed by atoms with van der Waals surface area (Å²) in [7, 11) is 0. The quantitative estimate of drug-likeness (QED) is 0.677. The highest BCUT2D eigenvalue weighted by Crippen LogP contribution is 2.30. The first-order chi connectivity index (χ1) is 15.4. The summed E-state index contributed by atoms with van der Waals surface area (Å²) in [5.41, 5.74) is 2.64. The van der Waals surface area contributed by atoms with Gasteiger partial charge in [-0.3, -0.25) is 14.4 Å². The Kier molecular flexibility index (Phi) is 6.33. The molecule has 1 saturated heterocycles. The number of nitrogens with zero attached hydrogens (tertiary/aromatic N) is 2. The second-order valence-electron chi connectivity index (χ2n) is 8.34. The zero-order valence-corrected chi connectivity index (χ0v) is 19.0. The Morgan fingerprint density at radius 2 is 1.75 bits per heavy atom. The molecule has 0 spiro atoms. The van der Waals surface area contributed by atoms with Gasteiger partial charge in [0.15, 0.2) is 0 Å². The van der Waals surface area contributed by atoms with E-state index in [1.807, 2.05) is 24.0 Å². The number of rotatable bonds is 5. The predicted molar refractivity (Wildman–Crippen MR) is 126 cm³/mol. The minimum Gasteiger partial charge on any atom is -0.350 e. The average molecular weight is 452 g/mol. The molecular weight excluding hydrogens is 426 g/mol. The molecule has 32 heavy (non-hydrogen) atoms. The molecule has 3 amide bonds. The Bertz CT molecular complexity index is 1090. The third-order valence-corrected chi connectivity index (χ3v) is 6.43. The first-order valence-corrected chi connectivity index (χ1v) is 11.3. The van der Waals surface area contributed by atoms with Crippen LogP contribution in [0.25, 0.3) is 0 Å². The molecule has 0 aliphatic carbocycles. The molecule has 2 aliphatic rings. The molecule has 7 heteroatoms. The van der Waals surface area contributed by atoms with Crippen LogP contribution >= 0.6 is 11.6 Å². The van der Waals surface area contributed by atoms with E-state index in [1.165, 1.54) is 0 Å². The highest BCUT2D eigenvalue weighted by atomic mass is 35.5. The summed E-state index contributed by atoms with van der Waals surface area (Å²) < 4.78 is 0. The number of hydrogen-bond acceptors (Lipinski definition) is 4. The van der Waals surface area contributed by atoms with Crippen molar-refractivity contribution in [1.29, 1.82) is 0 Å². The molecule has 0 unspecified atom stereocenters. The fourth-order valence-corrected chi connectivity index (χ4v) is 4.21. The van der Waals surface area contributed by atoms with E-state index in [1.54, 1.807) is 36.4 Å². The van der Waals surface area contributed by atoms with E-state index in [0.717, 1.165) is 42.8 Å². The molecule has 0 radical (unpaired) electrons. The van der Waals surface area contributed by atoms with Crippen molar-refractivity contribution >= 4 is 40.7 Å². The van der Waals surface area contributed by atoms with Gasteiger partial charge in [0, 0.05) is 24.3 Å². The van der Waals surface area contributed by atoms with Crippen LogP contribution in [0.15, 0.2) is 59.3 Å². The van der Waals surface area contributed by atoms with Gasteiger partial charge in [0.25, 0.3) is 17.7 Å². The largest absolute Gasteiger partial charge is 0.350 e. The van der Waals surface area contributed by atoms with Gasteiger partial charge in [-0.15, -0.1) is 0 Å². The number of likely N-dealkylation sites (tertiary alicyclic amines) is 1. The molecule has 0 atom stereocenters. The van der Waals surface area contributed by atoms with Gasteiger partial charge in [0.2, 0.25) is 0 Å². The lowest BCUT2D eigenvalue weighted by molar-refractivity contribution is -0.120. The summed E-state index contributed by atoms with van der Waals surface area (Å²) in [6, 6.07) is 14.2.